The summed E-state index contributed by atoms with van der Waals surface area (Å²) in [7, 11) is 0. The molecule has 3 rings (SSSR count). The molecule has 1 aliphatic rings. The zero-order valence-electron chi connectivity index (χ0n) is 15.4. The van der Waals surface area contributed by atoms with Crippen molar-refractivity contribution in [1.82, 2.24) is 4.98 Å². The lowest BCUT2D eigenvalue weighted by Crippen LogP contribution is -2.33. The minimum absolute atomic E-state index is 0.0254. The fourth-order valence-electron chi connectivity index (χ4n) is 3.10. The van der Waals surface area contributed by atoms with Gasteiger partial charge in [-0.3, -0.25) is 4.79 Å². The molecule has 0 amide bonds. The number of hydrogen-bond acceptors (Lipinski definition) is 6. The number of pyridine rings is 1. The smallest absolute Gasteiger partial charge is 0.194 e. The third-order valence-corrected chi connectivity index (χ3v) is 4.57. The van der Waals surface area contributed by atoms with Gasteiger partial charge in [-0.1, -0.05) is 19.1 Å². The van der Waals surface area contributed by atoms with E-state index in [0.717, 1.165) is 23.2 Å². The number of rotatable bonds is 8. The van der Waals surface area contributed by atoms with Gasteiger partial charge in [0.1, 0.15) is 18.4 Å². The van der Waals surface area contributed by atoms with E-state index >= 15 is 0 Å². The van der Waals surface area contributed by atoms with Crippen LogP contribution in [0.15, 0.2) is 40.3 Å². The quantitative estimate of drug-likeness (QED) is 0.720. The van der Waals surface area contributed by atoms with Crippen molar-refractivity contribution in [3.05, 3.63) is 62.3 Å². The van der Waals surface area contributed by atoms with E-state index in [4.69, 9.17) is 14.2 Å². The van der Waals surface area contributed by atoms with Crippen molar-refractivity contribution in [3.63, 3.8) is 0 Å². The Morgan fingerprint density at radius 2 is 2.04 bits per heavy atom. The molecule has 144 valence electrons. The Morgan fingerprint density at radius 3 is 2.70 bits per heavy atom. The molecule has 7 nitrogen and oxygen atoms in total. The second-order valence-corrected chi connectivity index (χ2v) is 6.44. The maximum absolute atomic E-state index is 12.4. The number of benzene rings is 1. The van der Waals surface area contributed by atoms with E-state index in [2.05, 4.69) is 10.2 Å². The monoisotopic (exact) mass is 372 g/mol. The lowest BCUT2D eigenvalue weighted by atomic mass is 10.0. The first-order valence-corrected chi connectivity index (χ1v) is 9.19. The van der Waals surface area contributed by atoms with E-state index in [1.807, 2.05) is 19.1 Å². The summed E-state index contributed by atoms with van der Waals surface area (Å²) in [6.45, 7) is 3.96. The minimum atomic E-state index is -0.124. The van der Waals surface area contributed by atoms with Crippen molar-refractivity contribution in [2.45, 2.75) is 32.3 Å². The molecule has 1 N–H and O–H groups in total. The summed E-state index contributed by atoms with van der Waals surface area (Å²) in [4.78, 5) is 26.2. The van der Waals surface area contributed by atoms with Crippen LogP contribution in [0.1, 0.15) is 23.7 Å². The summed E-state index contributed by atoms with van der Waals surface area (Å²) >= 11 is 0. The highest BCUT2D eigenvalue weighted by atomic mass is 16.6. The summed E-state index contributed by atoms with van der Waals surface area (Å²) in [5, 5.41) is 2.91. The molecule has 1 unspecified atom stereocenters. The number of aromatic amines is 1. The molecule has 1 aromatic heterocycles. The highest BCUT2D eigenvalue weighted by Crippen LogP contribution is 2.16. The van der Waals surface area contributed by atoms with Crippen LogP contribution in [0.4, 0.5) is 5.69 Å². The van der Waals surface area contributed by atoms with E-state index < -0.39 is 0 Å². The van der Waals surface area contributed by atoms with Crippen LogP contribution in [0, 0.1) is 4.91 Å². The number of nitroso groups, excluding NO2 is 1. The molecule has 0 radical (unpaired) electrons. The molecule has 0 aliphatic carbocycles. The van der Waals surface area contributed by atoms with Gasteiger partial charge in [-0.05, 0) is 42.1 Å². The fourth-order valence-corrected chi connectivity index (χ4v) is 3.10. The maximum Gasteiger partial charge on any atom is 0.194 e. The molecule has 0 saturated carbocycles. The first kappa shape index (κ1) is 19.3. The average Bonchev–Trinajstić information content (AvgIpc) is 2.71. The minimum Gasteiger partial charge on any atom is -0.476 e. The Hall–Kier alpha value is -2.51. The van der Waals surface area contributed by atoms with Crippen LogP contribution >= 0.6 is 0 Å². The predicted molar refractivity (Wildman–Crippen MR) is 102 cm³/mol. The first-order chi connectivity index (χ1) is 13.2. The molecule has 7 heteroatoms. The first-order valence-electron chi connectivity index (χ1n) is 9.19. The van der Waals surface area contributed by atoms with Crippen molar-refractivity contribution in [2.75, 3.05) is 26.4 Å². The van der Waals surface area contributed by atoms with Gasteiger partial charge in [-0.2, -0.15) is 0 Å². The van der Waals surface area contributed by atoms with Gasteiger partial charge in [-0.15, -0.1) is 4.91 Å². The Morgan fingerprint density at radius 1 is 1.22 bits per heavy atom. The van der Waals surface area contributed by atoms with Gasteiger partial charge in [0.2, 0.25) is 0 Å². The molecule has 1 aliphatic heterocycles. The van der Waals surface area contributed by atoms with Crippen LogP contribution < -0.4 is 10.2 Å². The van der Waals surface area contributed by atoms with Crippen molar-refractivity contribution < 1.29 is 14.2 Å². The van der Waals surface area contributed by atoms with E-state index in [-0.39, 0.29) is 11.5 Å². The van der Waals surface area contributed by atoms with Crippen molar-refractivity contribution in [1.29, 1.82) is 0 Å². The number of H-pyrrole nitrogens is 1. The molecular formula is C20H24N2O5. The topological polar surface area (TPSA) is 90.0 Å². The number of hydrogen-bond donors (Lipinski definition) is 1. The number of nitrogens with one attached hydrogen (secondary N) is 1. The van der Waals surface area contributed by atoms with Crippen molar-refractivity contribution >= 4 is 5.69 Å². The van der Waals surface area contributed by atoms with E-state index in [1.165, 1.54) is 6.07 Å². The normalized spacial score (nSPS) is 16.9. The highest BCUT2D eigenvalue weighted by Gasteiger charge is 2.16. The zero-order chi connectivity index (χ0) is 19.1. The maximum atomic E-state index is 12.4. The van der Waals surface area contributed by atoms with Crippen LogP contribution in [-0.2, 0) is 28.7 Å². The van der Waals surface area contributed by atoms with Crippen LogP contribution in [0.25, 0.3) is 0 Å². The third kappa shape index (κ3) is 5.24. The van der Waals surface area contributed by atoms with Crippen LogP contribution in [0.5, 0.6) is 5.88 Å². The summed E-state index contributed by atoms with van der Waals surface area (Å²) in [6, 6.07) is 8.63. The molecule has 2 heterocycles. The highest BCUT2D eigenvalue weighted by molar-refractivity contribution is 5.38. The number of ether oxygens (including phenoxy) is 3. The second-order valence-electron chi connectivity index (χ2n) is 6.44. The van der Waals surface area contributed by atoms with Crippen LogP contribution in [0.3, 0.4) is 0 Å². The van der Waals surface area contributed by atoms with Gasteiger partial charge in [0.15, 0.2) is 11.3 Å². The summed E-state index contributed by atoms with van der Waals surface area (Å²) < 4.78 is 16.7. The Balaban J connectivity index is 1.68. The summed E-state index contributed by atoms with van der Waals surface area (Å²) in [5.41, 5.74) is 3.10. The van der Waals surface area contributed by atoms with Gasteiger partial charge in [0.05, 0.1) is 19.8 Å². The van der Waals surface area contributed by atoms with Crippen molar-refractivity contribution in [3.8, 4) is 5.88 Å². The Labute approximate surface area is 157 Å². The fraction of sp³-hybridized carbons (Fsp3) is 0.450. The standard InChI is InChI=1S/C20H24N2O5/c1-2-17-18(8-5-14-3-6-15(22-24)7-4-14)21-20(11-19(17)23)27-13-16-12-25-9-10-26-16/h3-4,6-7,11,16H,2,5,8-10,12-13H2,1H3,(H,21,23). The van der Waals surface area contributed by atoms with Crippen LogP contribution in [0.2, 0.25) is 0 Å². The van der Waals surface area contributed by atoms with Crippen LogP contribution in [-0.4, -0.2) is 37.5 Å². The van der Waals surface area contributed by atoms with E-state index in [9.17, 15) is 9.70 Å². The molecular weight excluding hydrogens is 348 g/mol. The van der Waals surface area contributed by atoms with Gasteiger partial charge in [0, 0.05) is 17.3 Å². The van der Waals surface area contributed by atoms with Gasteiger partial charge < -0.3 is 19.2 Å². The number of aromatic nitrogens is 1. The van der Waals surface area contributed by atoms with Crippen molar-refractivity contribution in [2.24, 2.45) is 5.18 Å². The molecule has 1 atom stereocenters. The lowest BCUT2D eigenvalue weighted by molar-refractivity contribution is -0.102. The second kappa shape index (κ2) is 9.43. The average molecular weight is 372 g/mol. The Bertz CT molecular complexity index is 810. The summed E-state index contributed by atoms with van der Waals surface area (Å²) in [5.74, 6) is 0.446. The number of aryl methyl sites for hydroxylation is 2. The molecule has 1 fully saturated rings. The molecule has 0 spiro atoms. The number of nitrogens with zero attached hydrogens (tertiary/aromatic N) is 1. The van der Waals surface area contributed by atoms with E-state index in [1.54, 1.807) is 12.1 Å². The summed E-state index contributed by atoms with van der Waals surface area (Å²) in [6.07, 6.45) is 1.94. The third-order valence-electron chi connectivity index (χ3n) is 4.57. The molecule has 0 bridgehead atoms. The van der Waals surface area contributed by atoms with Gasteiger partial charge in [-0.25, -0.2) is 0 Å². The lowest BCUT2D eigenvalue weighted by Gasteiger charge is -2.23. The van der Waals surface area contributed by atoms with Gasteiger partial charge >= 0.3 is 0 Å². The largest absolute Gasteiger partial charge is 0.476 e. The zero-order valence-corrected chi connectivity index (χ0v) is 15.4. The molecule has 2 aromatic rings. The molecule has 1 saturated heterocycles. The van der Waals surface area contributed by atoms with Gasteiger partial charge in [0.25, 0.3) is 0 Å². The molecule has 1 aromatic carbocycles. The Kier molecular flexibility index (Phi) is 6.73. The molecule has 27 heavy (non-hydrogen) atoms. The SMILES string of the molecule is CCc1c(CCc2ccc(N=O)cc2)[nH]c(OCC2COCCO2)cc1=O. The van der Waals surface area contributed by atoms with E-state index in [0.29, 0.717) is 50.8 Å². The predicted octanol–water partition coefficient (Wildman–Crippen LogP) is 2.91.